The number of benzene rings is 1. The van der Waals surface area contributed by atoms with Crippen molar-refractivity contribution in [3.05, 3.63) is 35.4 Å². The van der Waals surface area contributed by atoms with E-state index in [0.717, 1.165) is 31.9 Å². The van der Waals surface area contributed by atoms with Crippen molar-refractivity contribution in [2.24, 2.45) is 5.92 Å². The van der Waals surface area contributed by atoms with Gasteiger partial charge in [0.1, 0.15) is 11.6 Å². The van der Waals surface area contributed by atoms with Crippen molar-refractivity contribution in [2.75, 3.05) is 13.2 Å². The van der Waals surface area contributed by atoms with Crippen LogP contribution in [0.25, 0.3) is 0 Å². The second-order valence-electron chi connectivity index (χ2n) is 4.96. The van der Waals surface area contributed by atoms with Gasteiger partial charge < -0.3 is 10.4 Å². The van der Waals surface area contributed by atoms with Gasteiger partial charge in [0.2, 0.25) is 0 Å². The fraction of sp³-hybridized carbons (Fsp3) is 0.600. The van der Waals surface area contributed by atoms with Crippen molar-refractivity contribution < 1.29 is 13.9 Å². The average molecular weight is 271 g/mol. The fourth-order valence-electron chi connectivity index (χ4n) is 2.25. The molecule has 0 saturated carbocycles. The normalized spacial score (nSPS) is 14.4. The Morgan fingerprint density at radius 3 is 2.58 bits per heavy atom. The summed E-state index contributed by atoms with van der Waals surface area (Å²) in [6.45, 7) is 4.86. The molecule has 1 rings (SSSR count). The minimum atomic E-state index is -0.558. The molecule has 4 heteroatoms. The van der Waals surface area contributed by atoms with E-state index in [9.17, 15) is 8.78 Å². The average Bonchev–Trinajstić information content (AvgIpc) is 2.36. The van der Waals surface area contributed by atoms with Crippen LogP contribution in [0.5, 0.6) is 0 Å². The van der Waals surface area contributed by atoms with Crippen LogP contribution >= 0.6 is 0 Å². The predicted octanol–water partition coefficient (Wildman–Crippen LogP) is 3.41. The first-order valence-electron chi connectivity index (χ1n) is 6.87. The third-order valence-corrected chi connectivity index (χ3v) is 3.38. The van der Waals surface area contributed by atoms with Crippen LogP contribution in [0.4, 0.5) is 8.78 Å². The number of hydrogen-bond donors (Lipinski definition) is 2. The number of hydrogen-bond acceptors (Lipinski definition) is 2. The van der Waals surface area contributed by atoms with Gasteiger partial charge in [-0.15, -0.1) is 0 Å². The molecule has 0 aliphatic carbocycles. The summed E-state index contributed by atoms with van der Waals surface area (Å²) in [5.41, 5.74) is 0.473. The summed E-state index contributed by atoms with van der Waals surface area (Å²) < 4.78 is 26.4. The van der Waals surface area contributed by atoms with E-state index in [-0.39, 0.29) is 12.6 Å². The molecule has 0 aliphatic heterocycles. The smallest absolute Gasteiger partial charge is 0.130 e. The molecule has 0 bridgehead atoms. The van der Waals surface area contributed by atoms with Gasteiger partial charge in [0.05, 0.1) is 0 Å². The lowest BCUT2D eigenvalue weighted by molar-refractivity contribution is 0.245. The maximum atomic E-state index is 13.6. The van der Waals surface area contributed by atoms with Crippen molar-refractivity contribution in [3.8, 4) is 0 Å². The number of rotatable bonds is 8. The highest BCUT2D eigenvalue weighted by Crippen LogP contribution is 2.19. The molecule has 2 N–H and O–H groups in total. The van der Waals surface area contributed by atoms with E-state index in [1.165, 1.54) is 12.1 Å². The molecule has 0 heterocycles. The molecule has 1 aromatic rings. The maximum Gasteiger partial charge on any atom is 0.130 e. The minimum Gasteiger partial charge on any atom is -0.396 e. The molecule has 108 valence electrons. The minimum absolute atomic E-state index is 0.168. The Balaban J connectivity index is 2.55. The summed E-state index contributed by atoms with van der Waals surface area (Å²) in [5, 5.41) is 12.2. The summed E-state index contributed by atoms with van der Waals surface area (Å²) in [6, 6.07) is 3.49. The van der Waals surface area contributed by atoms with Gasteiger partial charge in [-0.05, 0) is 38.3 Å². The molecular weight excluding hydrogens is 248 g/mol. The van der Waals surface area contributed by atoms with Crippen LogP contribution in [0.1, 0.15) is 44.7 Å². The topological polar surface area (TPSA) is 32.3 Å². The molecule has 2 unspecified atom stereocenters. The van der Waals surface area contributed by atoms with Gasteiger partial charge in [0.15, 0.2) is 0 Å². The van der Waals surface area contributed by atoms with Crippen molar-refractivity contribution in [1.29, 1.82) is 0 Å². The van der Waals surface area contributed by atoms with Gasteiger partial charge in [-0.2, -0.15) is 0 Å². The molecule has 0 spiro atoms. The monoisotopic (exact) mass is 271 g/mol. The molecule has 2 atom stereocenters. The predicted molar refractivity (Wildman–Crippen MR) is 72.9 cm³/mol. The SMILES string of the molecule is CCCC(CCO)CNC(C)c1ccc(F)cc1F. The van der Waals surface area contributed by atoms with Crippen LogP contribution in [-0.2, 0) is 0 Å². The zero-order valence-electron chi connectivity index (χ0n) is 11.6. The standard InChI is InChI=1S/C15H23F2NO/c1-3-4-12(7-8-19)10-18-11(2)14-6-5-13(16)9-15(14)17/h5-6,9,11-12,18-19H,3-4,7-8,10H2,1-2H3. The van der Waals surface area contributed by atoms with Gasteiger partial charge in [-0.3, -0.25) is 0 Å². The molecule has 0 saturated heterocycles. The van der Waals surface area contributed by atoms with Crippen LogP contribution in [-0.4, -0.2) is 18.3 Å². The molecule has 19 heavy (non-hydrogen) atoms. The first-order chi connectivity index (χ1) is 9.08. The van der Waals surface area contributed by atoms with Crippen molar-refractivity contribution in [2.45, 2.75) is 39.2 Å². The summed E-state index contributed by atoms with van der Waals surface area (Å²) in [5.74, 6) is -0.687. The number of aliphatic hydroxyl groups excluding tert-OH is 1. The molecule has 0 radical (unpaired) electrons. The van der Waals surface area contributed by atoms with Crippen molar-refractivity contribution in [1.82, 2.24) is 5.32 Å². The van der Waals surface area contributed by atoms with Crippen LogP contribution in [0.2, 0.25) is 0 Å². The lowest BCUT2D eigenvalue weighted by Gasteiger charge is -2.20. The lowest BCUT2D eigenvalue weighted by atomic mass is 9.99. The Labute approximate surface area is 113 Å². The van der Waals surface area contributed by atoms with E-state index in [1.54, 1.807) is 0 Å². The summed E-state index contributed by atoms with van der Waals surface area (Å²) in [7, 11) is 0. The quantitative estimate of drug-likeness (QED) is 0.759. The Morgan fingerprint density at radius 2 is 2.00 bits per heavy atom. The Morgan fingerprint density at radius 1 is 1.26 bits per heavy atom. The highest BCUT2D eigenvalue weighted by Gasteiger charge is 2.13. The third kappa shape index (κ3) is 5.25. The first-order valence-corrected chi connectivity index (χ1v) is 6.87. The Hall–Kier alpha value is -1.00. The molecule has 0 fully saturated rings. The van der Waals surface area contributed by atoms with E-state index in [1.807, 2.05) is 6.92 Å². The zero-order chi connectivity index (χ0) is 14.3. The van der Waals surface area contributed by atoms with Crippen LogP contribution in [0, 0.1) is 17.6 Å². The van der Waals surface area contributed by atoms with E-state index in [4.69, 9.17) is 5.11 Å². The largest absolute Gasteiger partial charge is 0.396 e. The first kappa shape index (κ1) is 16.1. The van der Waals surface area contributed by atoms with E-state index in [2.05, 4.69) is 12.2 Å². The van der Waals surface area contributed by atoms with Crippen LogP contribution < -0.4 is 5.32 Å². The Kier molecular flexibility index (Phi) is 6.95. The third-order valence-electron chi connectivity index (χ3n) is 3.38. The summed E-state index contributed by atoms with van der Waals surface area (Å²) >= 11 is 0. The number of aliphatic hydroxyl groups is 1. The number of halogens is 2. The van der Waals surface area contributed by atoms with E-state index in [0.29, 0.717) is 11.5 Å². The molecule has 0 amide bonds. The number of nitrogens with one attached hydrogen (secondary N) is 1. The second kappa shape index (κ2) is 8.23. The maximum absolute atomic E-state index is 13.6. The van der Waals surface area contributed by atoms with Crippen molar-refractivity contribution in [3.63, 3.8) is 0 Å². The van der Waals surface area contributed by atoms with Gasteiger partial charge in [-0.1, -0.05) is 19.4 Å². The van der Waals surface area contributed by atoms with Crippen LogP contribution in [0.3, 0.4) is 0 Å². The van der Waals surface area contributed by atoms with E-state index >= 15 is 0 Å². The van der Waals surface area contributed by atoms with Crippen LogP contribution in [0.15, 0.2) is 18.2 Å². The molecule has 1 aromatic carbocycles. The zero-order valence-corrected chi connectivity index (χ0v) is 11.6. The highest BCUT2D eigenvalue weighted by molar-refractivity contribution is 5.21. The lowest BCUT2D eigenvalue weighted by Crippen LogP contribution is -2.27. The van der Waals surface area contributed by atoms with Gasteiger partial charge in [0.25, 0.3) is 0 Å². The molecule has 0 aromatic heterocycles. The van der Waals surface area contributed by atoms with E-state index < -0.39 is 11.6 Å². The summed E-state index contributed by atoms with van der Waals surface area (Å²) in [4.78, 5) is 0. The highest BCUT2D eigenvalue weighted by atomic mass is 19.1. The van der Waals surface area contributed by atoms with Gasteiger partial charge in [0, 0.05) is 24.3 Å². The summed E-state index contributed by atoms with van der Waals surface area (Å²) in [6.07, 6.45) is 2.84. The van der Waals surface area contributed by atoms with Gasteiger partial charge >= 0.3 is 0 Å². The molecule has 0 aliphatic rings. The van der Waals surface area contributed by atoms with Gasteiger partial charge in [-0.25, -0.2) is 8.78 Å². The van der Waals surface area contributed by atoms with Crippen molar-refractivity contribution >= 4 is 0 Å². The second-order valence-corrected chi connectivity index (χ2v) is 4.96. The fourth-order valence-corrected chi connectivity index (χ4v) is 2.25. The Bertz CT molecular complexity index is 378. The molecular formula is C15H23F2NO. The molecule has 2 nitrogen and oxygen atoms in total.